The molecule has 0 aliphatic carbocycles. The highest BCUT2D eigenvalue weighted by Gasteiger charge is 2.14. The zero-order valence-corrected chi connectivity index (χ0v) is 12.1. The van der Waals surface area contributed by atoms with Gasteiger partial charge < -0.3 is 5.32 Å². The SMILES string of the molecule is CCC(NC(C)c1ccc(C#N)cc1)c1cccs1. The standard InChI is InChI=1S/C16H18N2S/c1-3-15(16-5-4-10-19-16)18-12(2)14-8-6-13(11-17)7-9-14/h4-10,12,15,18H,3H2,1-2H3. The van der Waals surface area contributed by atoms with Crippen LogP contribution in [0.4, 0.5) is 0 Å². The van der Waals surface area contributed by atoms with Gasteiger partial charge in [-0.15, -0.1) is 11.3 Å². The maximum absolute atomic E-state index is 8.81. The highest BCUT2D eigenvalue weighted by molar-refractivity contribution is 7.10. The molecule has 0 aliphatic heterocycles. The minimum atomic E-state index is 0.278. The van der Waals surface area contributed by atoms with E-state index >= 15 is 0 Å². The molecule has 1 heterocycles. The summed E-state index contributed by atoms with van der Waals surface area (Å²) in [6, 6.07) is 14.9. The largest absolute Gasteiger partial charge is 0.303 e. The predicted octanol–water partition coefficient (Wildman–Crippen LogP) is 4.42. The smallest absolute Gasteiger partial charge is 0.0991 e. The van der Waals surface area contributed by atoms with Gasteiger partial charge in [-0.25, -0.2) is 0 Å². The second kappa shape index (κ2) is 6.51. The highest BCUT2D eigenvalue weighted by atomic mass is 32.1. The minimum absolute atomic E-state index is 0.278. The van der Waals surface area contributed by atoms with Gasteiger partial charge in [0.05, 0.1) is 11.6 Å². The molecule has 0 spiro atoms. The Morgan fingerprint density at radius 3 is 2.53 bits per heavy atom. The summed E-state index contributed by atoms with van der Waals surface area (Å²) in [7, 11) is 0. The summed E-state index contributed by atoms with van der Waals surface area (Å²) in [4.78, 5) is 1.38. The Kier molecular flexibility index (Phi) is 4.73. The van der Waals surface area contributed by atoms with E-state index in [-0.39, 0.29) is 6.04 Å². The molecule has 2 aromatic rings. The van der Waals surface area contributed by atoms with Crippen LogP contribution in [-0.2, 0) is 0 Å². The molecule has 0 saturated carbocycles. The molecular weight excluding hydrogens is 252 g/mol. The quantitative estimate of drug-likeness (QED) is 0.873. The lowest BCUT2D eigenvalue weighted by Gasteiger charge is -2.21. The predicted molar refractivity (Wildman–Crippen MR) is 80.1 cm³/mol. The second-order valence-electron chi connectivity index (χ2n) is 4.60. The molecule has 1 aromatic heterocycles. The van der Waals surface area contributed by atoms with E-state index in [1.807, 2.05) is 24.3 Å². The van der Waals surface area contributed by atoms with E-state index < -0.39 is 0 Å². The first kappa shape index (κ1) is 13.8. The van der Waals surface area contributed by atoms with Crippen molar-refractivity contribution in [2.45, 2.75) is 32.4 Å². The lowest BCUT2D eigenvalue weighted by molar-refractivity contribution is 0.462. The molecular formula is C16H18N2S. The van der Waals surface area contributed by atoms with E-state index in [9.17, 15) is 0 Å². The summed E-state index contributed by atoms with van der Waals surface area (Å²) in [5.74, 6) is 0. The fourth-order valence-corrected chi connectivity index (χ4v) is 3.01. The fourth-order valence-electron chi connectivity index (χ4n) is 2.14. The van der Waals surface area contributed by atoms with Gasteiger partial charge in [-0.2, -0.15) is 5.26 Å². The molecule has 3 heteroatoms. The molecule has 1 N–H and O–H groups in total. The van der Waals surface area contributed by atoms with Crippen LogP contribution >= 0.6 is 11.3 Å². The average Bonchev–Trinajstić information content (AvgIpc) is 2.98. The van der Waals surface area contributed by atoms with Crippen LogP contribution in [-0.4, -0.2) is 0 Å². The van der Waals surface area contributed by atoms with Gasteiger partial charge in [0.25, 0.3) is 0 Å². The molecule has 0 saturated heterocycles. The van der Waals surface area contributed by atoms with Crippen LogP contribution in [0, 0.1) is 11.3 Å². The van der Waals surface area contributed by atoms with Gasteiger partial charge >= 0.3 is 0 Å². The number of hydrogen-bond acceptors (Lipinski definition) is 3. The number of nitrogens with one attached hydrogen (secondary N) is 1. The maximum atomic E-state index is 8.81. The molecule has 2 atom stereocenters. The van der Waals surface area contributed by atoms with Crippen molar-refractivity contribution < 1.29 is 0 Å². The fraction of sp³-hybridized carbons (Fsp3) is 0.312. The molecule has 1 aromatic carbocycles. The van der Waals surface area contributed by atoms with Crippen molar-refractivity contribution in [3.63, 3.8) is 0 Å². The van der Waals surface area contributed by atoms with Crippen LogP contribution < -0.4 is 5.32 Å². The first-order valence-corrected chi connectivity index (χ1v) is 7.42. The number of nitriles is 1. The van der Waals surface area contributed by atoms with E-state index in [1.165, 1.54) is 10.4 Å². The number of nitrogens with zero attached hydrogens (tertiary/aromatic N) is 1. The van der Waals surface area contributed by atoms with E-state index in [4.69, 9.17) is 5.26 Å². The molecule has 0 aliphatic rings. The van der Waals surface area contributed by atoms with Crippen LogP contribution in [0.1, 0.15) is 48.4 Å². The van der Waals surface area contributed by atoms with Crippen molar-refractivity contribution in [2.75, 3.05) is 0 Å². The van der Waals surface area contributed by atoms with Crippen LogP contribution in [0.25, 0.3) is 0 Å². The Labute approximate surface area is 118 Å². The maximum Gasteiger partial charge on any atom is 0.0991 e. The van der Waals surface area contributed by atoms with E-state index in [2.05, 4.69) is 42.7 Å². The van der Waals surface area contributed by atoms with E-state index in [0.717, 1.165) is 6.42 Å². The first-order chi connectivity index (χ1) is 9.24. The average molecular weight is 270 g/mol. The summed E-state index contributed by atoms with van der Waals surface area (Å²) in [6.45, 7) is 4.36. The van der Waals surface area contributed by atoms with Crippen LogP contribution in [0.3, 0.4) is 0 Å². The molecule has 0 amide bonds. The molecule has 98 valence electrons. The Morgan fingerprint density at radius 1 is 1.26 bits per heavy atom. The Hall–Kier alpha value is -1.63. The lowest BCUT2D eigenvalue weighted by Crippen LogP contribution is -2.23. The highest BCUT2D eigenvalue weighted by Crippen LogP contribution is 2.25. The molecule has 2 unspecified atom stereocenters. The third-order valence-corrected chi connectivity index (χ3v) is 4.27. The van der Waals surface area contributed by atoms with Gasteiger partial charge in [0, 0.05) is 17.0 Å². The van der Waals surface area contributed by atoms with Crippen molar-refractivity contribution in [1.29, 1.82) is 5.26 Å². The van der Waals surface area contributed by atoms with Gasteiger partial charge in [-0.3, -0.25) is 0 Å². The summed E-state index contributed by atoms with van der Waals surface area (Å²) in [5.41, 5.74) is 1.93. The Morgan fingerprint density at radius 2 is 2.00 bits per heavy atom. The number of benzene rings is 1. The topological polar surface area (TPSA) is 35.8 Å². The van der Waals surface area contributed by atoms with Crippen molar-refractivity contribution >= 4 is 11.3 Å². The van der Waals surface area contributed by atoms with Crippen LogP contribution in [0.5, 0.6) is 0 Å². The molecule has 19 heavy (non-hydrogen) atoms. The summed E-state index contributed by atoms with van der Waals surface area (Å²) in [6.07, 6.45) is 1.07. The van der Waals surface area contributed by atoms with Crippen molar-refractivity contribution in [3.8, 4) is 6.07 Å². The van der Waals surface area contributed by atoms with Gasteiger partial charge in [0.15, 0.2) is 0 Å². The van der Waals surface area contributed by atoms with Crippen molar-refractivity contribution in [2.24, 2.45) is 0 Å². The molecule has 0 bridgehead atoms. The molecule has 0 fully saturated rings. The Balaban J connectivity index is 2.07. The zero-order valence-electron chi connectivity index (χ0n) is 11.3. The lowest BCUT2D eigenvalue weighted by atomic mass is 10.0. The third-order valence-electron chi connectivity index (χ3n) is 3.29. The summed E-state index contributed by atoms with van der Waals surface area (Å²) >= 11 is 1.79. The minimum Gasteiger partial charge on any atom is -0.303 e. The van der Waals surface area contributed by atoms with Gasteiger partial charge in [0.1, 0.15) is 0 Å². The number of hydrogen-bond donors (Lipinski definition) is 1. The van der Waals surface area contributed by atoms with Crippen molar-refractivity contribution in [3.05, 3.63) is 57.8 Å². The van der Waals surface area contributed by atoms with Crippen molar-refractivity contribution in [1.82, 2.24) is 5.32 Å². The van der Waals surface area contributed by atoms with Gasteiger partial charge in [-0.05, 0) is 42.5 Å². The normalized spacial score (nSPS) is 13.7. The van der Waals surface area contributed by atoms with Gasteiger partial charge in [-0.1, -0.05) is 25.1 Å². The summed E-state index contributed by atoms with van der Waals surface area (Å²) < 4.78 is 0. The van der Waals surface area contributed by atoms with Gasteiger partial charge in [0.2, 0.25) is 0 Å². The monoisotopic (exact) mass is 270 g/mol. The second-order valence-corrected chi connectivity index (χ2v) is 5.58. The Bertz CT molecular complexity index is 537. The van der Waals surface area contributed by atoms with E-state index in [1.54, 1.807) is 11.3 Å². The van der Waals surface area contributed by atoms with E-state index in [0.29, 0.717) is 11.6 Å². The number of rotatable bonds is 5. The van der Waals surface area contributed by atoms with Crippen LogP contribution in [0.15, 0.2) is 41.8 Å². The molecule has 0 radical (unpaired) electrons. The molecule has 2 rings (SSSR count). The first-order valence-electron chi connectivity index (χ1n) is 6.54. The third kappa shape index (κ3) is 3.44. The summed E-state index contributed by atoms with van der Waals surface area (Å²) in [5, 5.41) is 14.6. The number of thiophene rings is 1. The zero-order chi connectivity index (χ0) is 13.7. The molecule has 2 nitrogen and oxygen atoms in total. The van der Waals surface area contributed by atoms with Crippen LogP contribution in [0.2, 0.25) is 0 Å².